The van der Waals surface area contributed by atoms with Gasteiger partial charge >= 0.3 is 0 Å². The summed E-state index contributed by atoms with van der Waals surface area (Å²) in [6.07, 6.45) is 3.73. The number of rotatable bonds is 6. The minimum absolute atomic E-state index is 0.0229. The molecule has 5 nitrogen and oxygen atoms in total. The molecule has 0 heterocycles. The van der Waals surface area contributed by atoms with Crippen LogP contribution in [0.15, 0.2) is 41.4 Å². The molecule has 0 fully saturated rings. The van der Waals surface area contributed by atoms with Gasteiger partial charge in [0, 0.05) is 14.1 Å². The summed E-state index contributed by atoms with van der Waals surface area (Å²) in [6, 6.07) is 7.44. The summed E-state index contributed by atoms with van der Waals surface area (Å²) in [5.74, 6) is 0.672. The van der Waals surface area contributed by atoms with Gasteiger partial charge in [0.25, 0.3) is 0 Å². The van der Waals surface area contributed by atoms with Crippen molar-refractivity contribution in [3.8, 4) is 0 Å². The van der Waals surface area contributed by atoms with Crippen molar-refractivity contribution < 1.29 is 9.53 Å². The van der Waals surface area contributed by atoms with Gasteiger partial charge in [0.2, 0.25) is 5.91 Å². The maximum absolute atomic E-state index is 11.8. The molecule has 0 bridgehead atoms. The fourth-order valence-corrected chi connectivity index (χ4v) is 1.45. The van der Waals surface area contributed by atoms with Crippen LogP contribution in [0.2, 0.25) is 0 Å². The number of hydrogen-bond acceptors (Lipinski definition) is 3. The molecule has 5 heteroatoms. The summed E-state index contributed by atoms with van der Waals surface area (Å²) in [5, 5.41) is 2.82. The van der Waals surface area contributed by atoms with Crippen LogP contribution in [0.25, 0.3) is 0 Å². The molecule has 1 N–H and O–H groups in total. The number of benzene rings is 1. The van der Waals surface area contributed by atoms with E-state index in [2.05, 4.69) is 10.3 Å². The zero-order chi connectivity index (χ0) is 15.7. The predicted molar refractivity (Wildman–Crippen MR) is 87.2 cm³/mol. The third-order valence-corrected chi connectivity index (χ3v) is 2.79. The number of allylic oxidation sites excluding steroid dienone is 1. The van der Waals surface area contributed by atoms with Gasteiger partial charge in [-0.15, -0.1) is 0 Å². The number of aliphatic imine (C=N–C) groups is 1. The molecule has 0 spiro atoms. The summed E-state index contributed by atoms with van der Waals surface area (Å²) in [4.78, 5) is 18.2. The third-order valence-electron chi connectivity index (χ3n) is 2.79. The molecule has 21 heavy (non-hydrogen) atoms. The van der Waals surface area contributed by atoms with Crippen molar-refractivity contribution in [3.63, 3.8) is 0 Å². The van der Waals surface area contributed by atoms with Crippen molar-refractivity contribution in [1.29, 1.82) is 0 Å². The van der Waals surface area contributed by atoms with Crippen LogP contribution < -0.4 is 5.32 Å². The molecular formula is C16H23N3O2. The lowest BCUT2D eigenvalue weighted by Gasteiger charge is -2.13. The number of carbonyl (C=O) groups excluding carboxylic acids is 1. The van der Waals surface area contributed by atoms with Gasteiger partial charge in [-0.3, -0.25) is 4.79 Å². The second kappa shape index (κ2) is 8.92. The van der Waals surface area contributed by atoms with E-state index in [1.54, 1.807) is 0 Å². The van der Waals surface area contributed by atoms with E-state index in [1.165, 1.54) is 0 Å². The average Bonchev–Trinajstić information content (AvgIpc) is 2.45. The normalized spacial score (nSPS) is 11.7. The van der Waals surface area contributed by atoms with Gasteiger partial charge in [-0.2, -0.15) is 0 Å². The highest BCUT2D eigenvalue weighted by atomic mass is 16.5. The molecule has 1 aromatic rings. The predicted octanol–water partition coefficient (Wildman–Crippen LogP) is 2.83. The van der Waals surface area contributed by atoms with E-state index in [4.69, 9.17) is 4.74 Å². The number of amides is 1. The molecule has 0 unspecified atom stereocenters. The quantitative estimate of drug-likeness (QED) is 0.379. The smallest absolute Gasteiger partial charge is 0.250 e. The van der Waals surface area contributed by atoms with E-state index >= 15 is 0 Å². The molecule has 0 atom stereocenters. The molecular weight excluding hydrogens is 266 g/mol. The van der Waals surface area contributed by atoms with E-state index in [0.717, 1.165) is 11.5 Å². The van der Waals surface area contributed by atoms with Crippen LogP contribution in [-0.2, 0) is 9.53 Å². The minimum atomic E-state index is -0.190. The molecule has 0 aromatic heterocycles. The number of nitrogens with one attached hydrogen (secondary N) is 1. The minimum Gasteiger partial charge on any atom is -0.368 e. The molecule has 1 aromatic carbocycles. The van der Waals surface area contributed by atoms with Crippen LogP contribution in [-0.4, -0.2) is 44.0 Å². The van der Waals surface area contributed by atoms with Crippen molar-refractivity contribution in [2.75, 3.05) is 32.6 Å². The van der Waals surface area contributed by atoms with Gasteiger partial charge in [0.15, 0.2) is 0 Å². The molecule has 0 saturated carbocycles. The molecule has 0 aliphatic heterocycles. The monoisotopic (exact) mass is 289 g/mol. The van der Waals surface area contributed by atoms with Crippen molar-refractivity contribution in [1.82, 2.24) is 4.90 Å². The summed E-state index contributed by atoms with van der Waals surface area (Å²) >= 11 is 0. The first-order valence-corrected chi connectivity index (χ1v) is 6.85. The largest absolute Gasteiger partial charge is 0.368 e. The van der Waals surface area contributed by atoms with Gasteiger partial charge < -0.3 is 15.0 Å². The fraction of sp³-hybridized carbons (Fsp3) is 0.375. The van der Waals surface area contributed by atoms with Crippen LogP contribution in [0.3, 0.4) is 0 Å². The molecule has 1 rings (SSSR count). The highest BCUT2D eigenvalue weighted by Gasteiger charge is 2.06. The van der Waals surface area contributed by atoms with Gasteiger partial charge in [0.05, 0.1) is 18.0 Å². The summed E-state index contributed by atoms with van der Waals surface area (Å²) in [5.41, 5.74) is 1.41. The van der Waals surface area contributed by atoms with E-state index < -0.39 is 0 Å². The zero-order valence-electron chi connectivity index (χ0n) is 13.1. The Morgan fingerprint density at radius 3 is 2.76 bits per heavy atom. The van der Waals surface area contributed by atoms with Crippen molar-refractivity contribution in [3.05, 3.63) is 36.4 Å². The molecule has 1 amide bonds. The Kier molecular flexibility index (Phi) is 7.18. The molecule has 0 radical (unpaired) electrons. The van der Waals surface area contributed by atoms with E-state index in [0.29, 0.717) is 12.3 Å². The first-order chi connectivity index (χ1) is 10.0. The first kappa shape index (κ1) is 16.9. The Morgan fingerprint density at radius 2 is 2.10 bits per heavy atom. The second-order valence-corrected chi connectivity index (χ2v) is 4.70. The van der Waals surface area contributed by atoms with Gasteiger partial charge in [-0.05, 0) is 26.0 Å². The topological polar surface area (TPSA) is 53.9 Å². The Hall–Kier alpha value is -2.14. The highest BCUT2D eigenvalue weighted by molar-refractivity contribution is 5.95. The first-order valence-electron chi connectivity index (χ1n) is 6.85. The van der Waals surface area contributed by atoms with Crippen LogP contribution in [0, 0.1) is 0 Å². The number of anilines is 1. The molecule has 0 aliphatic rings. The number of para-hydroxylation sites is 2. The molecule has 0 aliphatic carbocycles. The van der Waals surface area contributed by atoms with E-state index in [9.17, 15) is 4.79 Å². The van der Waals surface area contributed by atoms with Gasteiger partial charge in [-0.1, -0.05) is 24.3 Å². The van der Waals surface area contributed by atoms with Crippen LogP contribution in [0.1, 0.15) is 13.8 Å². The standard InChI is InChI=1S/C16H23N3O2/c1-5-6-11-21-12-16(20)18-15-10-8-7-9-14(15)17-13(2)19(3)4/h5-10H,11-12H2,1-4H3,(H,18,20)/b6-5+,17-13?. The van der Waals surface area contributed by atoms with E-state index in [-0.39, 0.29) is 12.5 Å². The van der Waals surface area contributed by atoms with Crippen molar-refractivity contribution >= 4 is 23.1 Å². The van der Waals surface area contributed by atoms with Crippen LogP contribution in [0.4, 0.5) is 11.4 Å². The molecule has 0 saturated heterocycles. The number of nitrogens with zero attached hydrogens (tertiary/aromatic N) is 2. The maximum atomic E-state index is 11.8. The van der Waals surface area contributed by atoms with E-state index in [1.807, 2.05) is 69.3 Å². The number of hydrogen-bond donors (Lipinski definition) is 1. The number of carbonyl (C=O) groups is 1. The van der Waals surface area contributed by atoms with Crippen molar-refractivity contribution in [2.45, 2.75) is 13.8 Å². The Morgan fingerprint density at radius 1 is 1.38 bits per heavy atom. The lowest BCUT2D eigenvalue weighted by molar-refractivity contribution is -0.120. The van der Waals surface area contributed by atoms with Crippen LogP contribution >= 0.6 is 0 Å². The Balaban J connectivity index is 2.71. The lowest BCUT2D eigenvalue weighted by Crippen LogP contribution is -2.19. The van der Waals surface area contributed by atoms with Crippen molar-refractivity contribution in [2.24, 2.45) is 4.99 Å². The fourth-order valence-electron chi connectivity index (χ4n) is 1.45. The lowest BCUT2D eigenvalue weighted by atomic mass is 10.2. The third kappa shape index (κ3) is 6.23. The second-order valence-electron chi connectivity index (χ2n) is 4.70. The number of ether oxygens (including phenoxy) is 1. The van der Waals surface area contributed by atoms with Gasteiger partial charge in [0.1, 0.15) is 12.4 Å². The van der Waals surface area contributed by atoms with Gasteiger partial charge in [-0.25, -0.2) is 4.99 Å². The summed E-state index contributed by atoms with van der Waals surface area (Å²) in [7, 11) is 3.85. The van der Waals surface area contributed by atoms with Crippen LogP contribution in [0.5, 0.6) is 0 Å². The number of amidine groups is 1. The Bertz CT molecular complexity index is 522. The summed E-state index contributed by atoms with van der Waals surface area (Å²) in [6.45, 7) is 4.28. The zero-order valence-corrected chi connectivity index (χ0v) is 13.1. The Labute approximate surface area is 126 Å². The average molecular weight is 289 g/mol. The SMILES string of the molecule is C/C=C/COCC(=O)Nc1ccccc1N=C(C)N(C)C. The summed E-state index contributed by atoms with van der Waals surface area (Å²) < 4.78 is 5.22. The maximum Gasteiger partial charge on any atom is 0.250 e. The highest BCUT2D eigenvalue weighted by Crippen LogP contribution is 2.24. The molecule has 114 valence electrons.